The summed E-state index contributed by atoms with van der Waals surface area (Å²) in [6.07, 6.45) is 1.05. The molecule has 0 saturated carbocycles. The Morgan fingerprint density at radius 3 is 2.93 bits per heavy atom. The van der Waals surface area contributed by atoms with Crippen LogP contribution in [0.5, 0.6) is 0 Å². The molecule has 0 amide bonds. The molecule has 0 radical (unpaired) electrons. The van der Waals surface area contributed by atoms with Crippen molar-refractivity contribution in [2.24, 2.45) is 0 Å². The second-order valence-electron chi connectivity index (χ2n) is 3.01. The topological polar surface area (TPSA) is 50.1 Å². The summed E-state index contributed by atoms with van der Waals surface area (Å²) in [6, 6.07) is 7.50. The van der Waals surface area contributed by atoms with E-state index in [0.717, 1.165) is 24.3 Å². The molecule has 1 aromatic carbocycles. The average molecular weight is 209 g/mol. The number of nitrogens with one attached hydrogen (secondary N) is 2. The molecule has 0 aliphatic heterocycles. The van der Waals surface area contributed by atoms with Crippen LogP contribution in [0.3, 0.4) is 0 Å². The van der Waals surface area contributed by atoms with Gasteiger partial charge < -0.3 is 16.4 Å². The van der Waals surface area contributed by atoms with Crippen LogP contribution < -0.4 is 16.4 Å². The molecule has 4 heteroatoms. The SMILES string of the molecule is CCCNC(=S)Nc1cccc(N)c1. The summed E-state index contributed by atoms with van der Waals surface area (Å²) in [5.74, 6) is 0. The van der Waals surface area contributed by atoms with Crippen molar-refractivity contribution in [2.45, 2.75) is 13.3 Å². The second kappa shape index (κ2) is 5.44. The van der Waals surface area contributed by atoms with Gasteiger partial charge in [-0.3, -0.25) is 0 Å². The molecule has 14 heavy (non-hydrogen) atoms. The maximum Gasteiger partial charge on any atom is 0.170 e. The maximum atomic E-state index is 5.63. The highest BCUT2D eigenvalue weighted by Gasteiger charge is 1.95. The number of benzene rings is 1. The largest absolute Gasteiger partial charge is 0.399 e. The highest BCUT2D eigenvalue weighted by atomic mass is 32.1. The number of hydrogen-bond acceptors (Lipinski definition) is 2. The first-order chi connectivity index (χ1) is 6.72. The molecule has 4 N–H and O–H groups in total. The lowest BCUT2D eigenvalue weighted by atomic mass is 10.3. The lowest BCUT2D eigenvalue weighted by Gasteiger charge is -2.09. The minimum Gasteiger partial charge on any atom is -0.399 e. The summed E-state index contributed by atoms with van der Waals surface area (Å²) in [7, 11) is 0. The van der Waals surface area contributed by atoms with Gasteiger partial charge in [-0.2, -0.15) is 0 Å². The first-order valence-corrected chi connectivity index (χ1v) is 5.03. The molecule has 0 unspecified atom stereocenters. The van der Waals surface area contributed by atoms with E-state index in [4.69, 9.17) is 18.0 Å². The zero-order chi connectivity index (χ0) is 10.4. The van der Waals surface area contributed by atoms with Crippen molar-refractivity contribution in [2.75, 3.05) is 17.6 Å². The summed E-state index contributed by atoms with van der Waals surface area (Å²) in [4.78, 5) is 0. The van der Waals surface area contributed by atoms with Crippen LogP contribution in [0.1, 0.15) is 13.3 Å². The first-order valence-electron chi connectivity index (χ1n) is 4.62. The Bertz CT molecular complexity index is 312. The normalized spacial score (nSPS) is 9.50. The van der Waals surface area contributed by atoms with Gasteiger partial charge in [0.1, 0.15) is 0 Å². The zero-order valence-electron chi connectivity index (χ0n) is 8.21. The monoisotopic (exact) mass is 209 g/mol. The number of hydrogen-bond donors (Lipinski definition) is 3. The molecule has 3 nitrogen and oxygen atoms in total. The molecule has 0 atom stereocenters. The van der Waals surface area contributed by atoms with Crippen LogP contribution >= 0.6 is 12.2 Å². The van der Waals surface area contributed by atoms with Gasteiger partial charge in [0.25, 0.3) is 0 Å². The van der Waals surface area contributed by atoms with Crippen molar-refractivity contribution in [1.29, 1.82) is 0 Å². The molecule has 0 fully saturated rings. The molecule has 0 spiro atoms. The number of nitrogens with two attached hydrogens (primary N) is 1. The highest BCUT2D eigenvalue weighted by Crippen LogP contribution is 2.11. The van der Waals surface area contributed by atoms with Crippen LogP contribution in [0.25, 0.3) is 0 Å². The zero-order valence-corrected chi connectivity index (χ0v) is 9.03. The van der Waals surface area contributed by atoms with E-state index in [0.29, 0.717) is 5.11 Å². The van der Waals surface area contributed by atoms with Crippen LogP contribution in [-0.2, 0) is 0 Å². The fraction of sp³-hybridized carbons (Fsp3) is 0.300. The summed E-state index contributed by atoms with van der Waals surface area (Å²) in [5, 5.41) is 6.77. The Hall–Kier alpha value is -1.29. The van der Waals surface area contributed by atoms with Crippen molar-refractivity contribution in [3.8, 4) is 0 Å². The molecular weight excluding hydrogens is 194 g/mol. The lowest BCUT2D eigenvalue weighted by molar-refractivity contribution is 0.846. The van der Waals surface area contributed by atoms with E-state index in [2.05, 4.69) is 17.6 Å². The summed E-state index contributed by atoms with van der Waals surface area (Å²) in [6.45, 7) is 2.98. The Kier molecular flexibility index (Phi) is 4.19. The smallest absolute Gasteiger partial charge is 0.170 e. The van der Waals surface area contributed by atoms with Crippen molar-refractivity contribution in [3.05, 3.63) is 24.3 Å². The van der Waals surface area contributed by atoms with Gasteiger partial charge in [0.15, 0.2) is 5.11 Å². The number of thiocarbonyl (C=S) groups is 1. The molecule has 1 rings (SSSR count). The van der Waals surface area contributed by atoms with Crippen molar-refractivity contribution in [1.82, 2.24) is 5.32 Å². The fourth-order valence-corrected chi connectivity index (χ4v) is 1.25. The predicted molar refractivity (Wildman–Crippen MR) is 65.4 cm³/mol. The summed E-state index contributed by atoms with van der Waals surface area (Å²) < 4.78 is 0. The molecule has 0 aliphatic rings. The molecular formula is C10H15N3S. The Morgan fingerprint density at radius 1 is 1.50 bits per heavy atom. The Morgan fingerprint density at radius 2 is 2.29 bits per heavy atom. The third-order valence-electron chi connectivity index (χ3n) is 1.68. The lowest BCUT2D eigenvalue weighted by Crippen LogP contribution is -2.28. The van der Waals surface area contributed by atoms with Crippen LogP contribution in [0.15, 0.2) is 24.3 Å². The van der Waals surface area contributed by atoms with E-state index in [9.17, 15) is 0 Å². The molecule has 0 saturated heterocycles. The van der Waals surface area contributed by atoms with Gasteiger partial charge in [-0.05, 0) is 36.8 Å². The highest BCUT2D eigenvalue weighted by molar-refractivity contribution is 7.80. The van der Waals surface area contributed by atoms with Crippen LogP contribution in [0.4, 0.5) is 11.4 Å². The van der Waals surface area contributed by atoms with E-state index in [1.807, 2.05) is 24.3 Å². The number of anilines is 2. The third-order valence-corrected chi connectivity index (χ3v) is 1.93. The standard InChI is InChI=1S/C10H15N3S/c1-2-6-12-10(14)13-9-5-3-4-8(11)7-9/h3-5,7H,2,6,11H2,1H3,(H2,12,13,14). The van der Waals surface area contributed by atoms with Gasteiger partial charge in [-0.1, -0.05) is 13.0 Å². The van der Waals surface area contributed by atoms with Crippen LogP contribution in [0.2, 0.25) is 0 Å². The Labute approximate surface area is 89.7 Å². The second-order valence-corrected chi connectivity index (χ2v) is 3.41. The van der Waals surface area contributed by atoms with E-state index in [1.165, 1.54) is 0 Å². The number of nitrogen functional groups attached to an aromatic ring is 1. The molecule has 0 aromatic heterocycles. The third kappa shape index (κ3) is 3.62. The van der Waals surface area contributed by atoms with Gasteiger partial charge in [0.05, 0.1) is 0 Å². The van der Waals surface area contributed by atoms with Gasteiger partial charge in [0, 0.05) is 17.9 Å². The van der Waals surface area contributed by atoms with Crippen LogP contribution in [0, 0.1) is 0 Å². The molecule has 0 heterocycles. The quantitative estimate of drug-likeness (QED) is 0.526. The molecule has 0 bridgehead atoms. The van der Waals surface area contributed by atoms with Crippen LogP contribution in [-0.4, -0.2) is 11.7 Å². The first kappa shape index (κ1) is 10.8. The Balaban J connectivity index is 2.47. The van der Waals surface area contributed by atoms with Crippen molar-refractivity contribution in [3.63, 3.8) is 0 Å². The fourth-order valence-electron chi connectivity index (χ4n) is 1.03. The van der Waals surface area contributed by atoms with Crippen molar-refractivity contribution < 1.29 is 0 Å². The van der Waals surface area contributed by atoms with E-state index in [1.54, 1.807) is 0 Å². The number of rotatable bonds is 3. The van der Waals surface area contributed by atoms with E-state index < -0.39 is 0 Å². The van der Waals surface area contributed by atoms with Gasteiger partial charge >= 0.3 is 0 Å². The van der Waals surface area contributed by atoms with Gasteiger partial charge in [-0.25, -0.2) is 0 Å². The average Bonchev–Trinajstić information content (AvgIpc) is 2.15. The van der Waals surface area contributed by atoms with Crippen molar-refractivity contribution >= 4 is 28.7 Å². The minimum atomic E-state index is 0.637. The summed E-state index contributed by atoms with van der Waals surface area (Å²) in [5.41, 5.74) is 7.28. The van der Waals surface area contributed by atoms with E-state index in [-0.39, 0.29) is 0 Å². The van der Waals surface area contributed by atoms with E-state index >= 15 is 0 Å². The summed E-state index contributed by atoms with van der Waals surface area (Å²) >= 11 is 5.08. The predicted octanol–water partition coefficient (Wildman–Crippen LogP) is 1.97. The molecule has 76 valence electrons. The van der Waals surface area contributed by atoms with Gasteiger partial charge in [0.2, 0.25) is 0 Å². The minimum absolute atomic E-state index is 0.637. The molecule has 1 aromatic rings. The maximum absolute atomic E-state index is 5.63. The molecule has 0 aliphatic carbocycles. The van der Waals surface area contributed by atoms with Gasteiger partial charge in [-0.15, -0.1) is 0 Å².